The zero-order valence-corrected chi connectivity index (χ0v) is 17.9. The Morgan fingerprint density at radius 1 is 1.19 bits per heavy atom. The van der Waals surface area contributed by atoms with Gasteiger partial charge >= 0.3 is 7.71 Å². The van der Waals surface area contributed by atoms with Gasteiger partial charge in [-0.25, -0.2) is 0 Å². The summed E-state index contributed by atoms with van der Waals surface area (Å²) in [6, 6.07) is 0. The molecular weight excluding hydrogens is 336 g/mol. The van der Waals surface area contributed by atoms with Crippen LogP contribution in [0.25, 0.3) is 0 Å². The Morgan fingerprint density at radius 2 is 1.81 bits per heavy atom. The minimum atomic E-state index is -2.15. The maximum absolute atomic E-state index is 5.79. The lowest BCUT2D eigenvalue weighted by atomic mass is 10.00. The quantitative estimate of drug-likeness (QED) is 0.386. The Bertz CT molecular complexity index is 370. The molecule has 126 valence electrons. The highest BCUT2D eigenvalue weighted by molar-refractivity contribution is 9.26. The Morgan fingerprint density at radius 3 is 2.19 bits per heavy atom. The van der Waals surface area contributed by atoms with Crippen molar-refractivity contribution in [3.8, 4) is 0 Å². The third-order valence-corrected chi connectivity index (χ3v) is 22.1. The lowest BCUT2D eigenvalue weighted by Crippen LogP contribution is -2.37. The third-order valence-electron chi connectivity index (χ3n) is 4.82. The van der Waals surface area contributed by atoms with Crippen LogP contribution in [0.1, 0.15) is 46.5 Å². The van der Waals surface area contributed by atoms with E-state index in [9.17, 15) is 0 Å². The molecule has 2 bridgehead atoms. The number of thiol groups is 1. The van der Waals surface area contributed by atoms with Gasteiger partial charge in [0.2, 0.25) is 0 Å². The first kappa shape index (κ1) is 18.5. The van der Waals surface area contributed by atoms with E-state index in [1.54, 1.807) is 14.2 Å². The molecule has 0 aliphatic heterocycles. The summed E-state index contributed by atoms with van der Waals surface area (Å²) in [7, 11) is 2.38. The first-order valence-electron chi connectivity index (χ1n) is 7.94. The minimum Gasteiger partial charge on any atom is -0.390 e. The smallest absolute Gasteiger partial charge is 0.390 e. The Balaban J connectivity index is 2.22. The molecule has 0 amide bonds. The SMILES string of the molecule is CO[Si](C)(OC)SS(S)(CC(C)(C)C)C1CC2CCC1C2. The average Bonchev–Trinajstić information content (AvgIpc) is 2.98. The fourth-order valence-corrected chi connectivity index (χ4v) is 25.2. The van der Waals surface area contributed by atoms with Crippen LogP contribution >= 0.6 is 30.0 Å². The van der Waals surface area contributed by atoms with Crippen molar-refractivity contribution in [1.29, 1.82) is 0 Å². The van der Waals surface area contributed by atoms with Gasteiger partial charge in [-0.2, -0.15) is 0 Å². The van der Waals surface area contributed by atoms with Crippen molar-refractivity contribution in [3.63, 3.8) is 0 Å². The summed E-state index contributed by atoms with van der Waals surface area (Å²) in [5.74, 6) is 3.07. The van der Waals surface area contributed by atoms with Crippen LogP contribution in [-0.4, -0.2) is 32.9 Å². The van der Waals surface area contributed by atoms with Gasteiger partial charge in [-0.15, -0.1) is 19.8 Å². The van der Waals surface area contributed by atoms with Gasteiger partial charge in [0, 0.05) is 19.5 Å². The molecule has 0 N–H and O–H groups in total. The summed E-state index contributed by atoms with van der Waals surface area (Å²) < 4.78 is 11.6. The first-order valence-corrected chi connectivity index (χ1v) is 15.2. The van der Waals surface area contributed by atoms with E-state index >= 15 is 0 Å². The van der Waals surface area contributed by atoms with Crippen LogP contribution < -0.4 is 0 Å². The molecule has 4 atom stereocenters. The van der Waals surface area contributed by atoms with E-state index in [1.165, 1.54) is 31.4 Å². The Hall–Kier alpha value is 1.19. The monoisotopic (exact) mass is 368 g/mol. The highest BCUT2D eigenvalue weighted by Crippen LogP contribution is 2.77. The molecule has 0 spiro atoms. The van der Waals surface area contributed by atoms with Crippen molar-refractivity contribution in [1.82, 2.24) is 0 Å². The van der Waals surface area contributed by atoms with Crippen LogP contribution in [0.4, 0.5) is 0 Å². The van der Waals surface area contributed by atoms with Gasteiger partial charge in [0.25, 0.3) is 0 Å². The normalized spacial score (nSPS) is 34.0. The van der Waals surface area contributed by atoms with E-state index in [0.29, 0.717) is 5.41 Å². The van der Waals surface area contributed by atoms with Gasteiger partial charge in [-0.3, -0.25) is 0 Å². The molecule has 2 rings (SSSR count). The summed E-state index contributed by atoms with van der Waals surface area (Å²) in [5.41, 5.74) is 0.308. The molecule has 0 aromatic carbocycles. The standard InChI is InChI=1S/C15H32O2S3Si/c1-15(2,3)11-20(18,19-21(6,16-4)17-5)14-10-12-7-8-13(14)9-12/h12-14,18H,7-11H2,1-6H3. The Labute approximate surface area is 141 Å². The van der Waals surface area contributed by atoms with E-state index in [4.69, 9.17) is 20.5 Å². The van der Waals surface area contributed by atoms with Crippen molar-refractivity contribution in [2.75, 3.05) is 20.0 Å². The molecule has 0 aromatic rings. The van der Waals surface area contributed by atoms with Gasteiger partial charge in [-0.1, -0.05) is 37.4 Å². The molecule has 4 unspecified atom stereocenters. The van der Waals surface area contributed by atoms with Gasteiger partial charge in [0.05, 0.1) is 0 Å². The molecular formula is C15H32O2S3Si. The first-order chi connectivity index (χ1) is 9.61. The topological polar surface area (TPSA) is 18.5 Å². The zero-order chi connectivity index (χ0) is 15.9. The second-order valence-electron chi connectivity index (χ2n) is 7.96. The predicted molar refractivity (Wildman–Crippen MR) is 103 cm³/mol. The molecule has 0 saturated heterocycles. The number of hydrogen-bond donors (Lipinski definition) is 1. The average molecular weight is 369 g/mol. The number of fused-ring (bicyclic) bond motifs is 2. The highest BCUT2D eigenvalue weighted by atomic mass is 33.6. The van der Waals surface area contributed by atoms with Gasteiger partial charge in [-0.05, 0) is 48.8 Å². The van der Waals surface area contributed by atoms with Gasteiger partial charge < -0.3 is 8.85 Å². The summed E-state index contributed by atoms with van der Waals surface area (Å²) in [6.45, 7) is 9.21. The molecule has 21 heavy (non-hydrogen) atoms. The fourth-order valence-electron chi connectivity index (χ4n) is 3.87. The minimum absolute atomic E-state index is 0.308. The maximum atomic E-state index is 5.79. The maximum Gasteiger partial charge on any atom is 0.412 e. The Kier molecular flexibility index (Phi) is 5.82. The molecule has 2 aliphatic rings. The van der Waals surface area contributed by atoms with Crippen molar-refractivity contribution < 1.29 is 8.85 Å². The van der Waals surface area contributed by atoms with Crippen LogP contribution in [0.2, 0.25) is 6.55 Å². The lowest BCUT2D eigenvalue weighted by Gasteiger charge is -2.49. The van der Waals surface area contributed by atoms with Crippen molar-refractivity contribution in [3.05, 3.63) is 0 Å². The largest absolute Gasteiger partial charge is 0.412 e. The molecule has 0 aromatic heterocycles. The zero-order valence-electron chi connectivity index (χ0n) is 14.3. The van der Waals surface area contributed by atoms with Crippen molar-refractivity contribution in [2.45, 2.75) is 58.3 Å². The molecule has 2 fully saturated rings. The van der Waals surface area contributed by atoms with Crippen LogP contribution in [0.3, 0.4) is 0 Å². The summed E-state index contributed by atoms with van der Waals surface area (Å²) in [4.78, 5) is 0. The van der Waals surface area contributed by atoms with Crippen LogP contribution in [0, 0.1) is 17.3 Å². The van der Waals surface area contributed by atoms with Crippen LogP contribution in [0.15, 0.2) is 0 Å². The number of rotatable bonds is 6. The van der Waals surface area contributed by atoms with Gasteiger partial charge in [0.15, 0.2) is 0 Å². The molecule has 2 nitrogen and oxygen atoms in total. The molecule has 0 radical (unpaired) electrons. The summed E-state index contributed by atoms with van der Waals surface area (Å²) in [5, 5.41) is 0.793. The highest BCUT2D eigenvalue weighted by Gasteiger charge is 2.51. The van der Waals surface area contributed by atoms with Crippen LogP contribution in [0.5, 0.6) is 0 Å². The fraction of sp³-hybridized carbons (Fsp3) is 1.00. The molecule has 6 heteroatoms. The van der Waals surface area contributed by atoms with E-state index in [2.05, 4.69) is 27.3 Å². The van der Waals surface area contributed by atoms with E-state index in [-0.39, 0.29) is 0 Å². The van der Waals surface area contributed by atoms with E-state index in [0.717, 1.165) is 17.1 Å². The van der Waals surface area contributed by atoms with Crippen LogP contribution in [-0.2, 0) is 8.85 Å². The number of hydrogen-bond acceptors (Lipinski definition) is 4. The second-order valence-corrected chi connectivity index (χ2v) is 21.6. The van der Waals surface area contributed by atoms with Crippen molar-refractivity contribution in [2.24, 2.45) is 17.3 Å². The summed E-state index contributed by atoms with van der Waals surface area (Å²) in [6.07, 6.45) is 5.72. The van der Waals surface area contributed by atoms with E-state index < -0.39 is 15.8 Å². The molecule has 0 heterocycles. The second kappa shape index (κ2) is 6.59. The predicted octanol–water partition coefficient (Wildman–Crippen LogP) is 5.38. The summed E-state index contributed by atoms with van der Waals surface area (Å²) >= 11 is 5.36. The molecule has 2 saturated carbocycles. The van der Waals surface area contributed by atoms with E-state index in [1.807, 2.05) is 10.2 Å². The van der Waals surface area contributed by atoms with Gasteiger partial charge in [0.1, 0.15) is 0 Å². The lowest BCUT2D eigenvalue weighted by molar-refractivity contribution is 0.276. The van der Waals surface area contributed by atoms with Crippen molar-refractivity contribution >= 4 is 37.7 Å². The third kappa shape index (κ3) is 4.38. The molecule has 2 aliphatic carbocycles.